The van der Waals surface area contributed by atoms with Crippen molar-refractivity contribution in [2.45, 2.75) is 63.9 Å². The SMILES string of the molecule is Cc1[nH]cnc1CSCCNC(=S)NCCCCCCCCNC(=S)NCCSCc1nc[nH]c1C. The number of nitrogens with one attached hydrogen (secondary N) is 6. The number of thioether (sulfide) groups is 2. The van der Waals surface area contributed by atoms with Gasteiger partial charge >= 0.3 is 0 Å². The molecule has 0 aliphatic rings. The largest absolute Gasteiger partial charge is 0.363 e. The standard InChI is InChI=1S/C24H42N8S4/c1-19-21(31-17-29-19)15-35-13-11-27-23(33)25-9-7-5-3-4-6-8-10-26-24(34)28-12-14-36-16-22-20(2)30-18-32-22/h17-18H,3-16H2,1-2H3,(H,29,31)(H,30,32)(H2,25,27,33)(H2,26,28,34). The van der Waals surface area contributed by atoms with Crippen molar-refractivity contribution in [1.82, 2.24) is 41.2 Å². The van der Waals surface area contributed by atoms with Gasteiger partial charge in [-0.2, -0.15) is 23.5 Å². The molecule has 36 heavy (non-hydrogen) atoms. The molecule has 2 rings (SSSR count). The van der Waals surface area contributed by atoms with Crippen molar-refractivity contribution in [2.75, 3.05) is 37.7 Å². The summed E-state index contributed by atoms with van der Waals surface area (Å²) in [6.07, 6.45) is 10.8. The van der Waals surface area contributed by atoms with Gasteiger partial charge in [-0.25, -0.2) is 9.97 Å². The number of aromatic nitrogens is 4. The lowest BCUT2D eigenvalue weighted by Crippen LogP contribution is -2.37. The van der Waals surface area contributed by atoms with Gasteiger partial charge in [-0.1, -0.05) is 25.7 Å². The summed E-state index contributed by atoms with van der Waals surface area (Å²) in [6, 6.07) is 0. The van der Waals surface area contributed by atoms with Gasteiger partial charge in [-0.05, 0) is 51.1 Å². The topological polar surface area (TPSA) is 105 Å². The fourth-order valence-electron chi connectivity index (χ4n) is 3.36. The van der Waals surface area contributed by atoms with Gasteiger partial charge in [0.05, 0.1) is 24.0 Å². The molecule has 0 aliphatic heterocycles. The van der Waals surface area contributed by atoms with Crippen LogP contribution in [0.1, 0.15) is 61.3 Å². The van der Waals surface area contributed by atoms with Crippen LogP contribution in [0.2, 0.25) is 0 Å². The fraction of sp³-hybridized carbons (Fsp3) is 0.667. The second-order valence-corrected chi connectivity index (χ2v) is 11.6. The monoisotopic (exact) mass is 570 g/mol. The van der Waals surface area contributed by atoms with Crippen LogP contribution in [0.4, 0.5) is 0 Å². The number of unbranched alkanes of at least 4 members (excludes halogenated alkanes) is 5. The molecule has 0 unspecified atom stereocenters. The quantitative estimate of drug-likeness (QED) is 0.109. The minimum absolute atomic E-state index is 0.758. The predicted octanol–water partition coefficient (Wildman–Crippen LogP) is 4.19. The second-order valence-electron chi connectivity index (χ2n) is 8.54. The van der Waals surface area contributed by atoms with Crippen LogP contribution in [-0.4, -0.2) is 67.8 Å². The molecule has 2 aromatic rings. The van der Waals surface area contributed by atoms with Gasteiger partial charge in [0.1, 0.15) is 0 Å². The van der Waals surface area contributed by atoms with Crippen molar-refractivity contribution in [3.8, 4) is 0 Å². The molecule has 0 amide bonds. The number of nitrogens with zero attached hydrogens (tertiary/aromatic N) is 2. The van der Waals surface area contributed by atoms with E-state index in [0.717, 1.165) is 95.0 Å². The summed E-state index contributed by atoms with van der Waals surface area (Å²) >= 11 is 14.4. The number of hydrogen-bond acceptors (Lipinski definition) is 6. The summed E-state index contributed by atoms with van der Waals surface area (Å²) < 4.78 is 0. The van der Waals surface area contributed by atoms with Crippen molar-refractivity contribution in [3.05, 3.63) is 35.4 Å². The van der Waals surface area contributed by atoms with Crippen LogP contribution in [0.3, 0.4) is 0 Å². The van der Waals surface area contributed by atoms with Crippen LogP contribution in [0.15, 0.2) is 12.7 Å². The maximum atomic E-state index is 5.36. The summed E-state index contributed by atoms with van der Waals surface area (Å²) in [5.41, 5.74) is 4.57. The lowest BCUT2D eigenvalue weighted by molar-refractivity contribution is 0.585. The molecule has 12 heteroatoms. The van der Waals surface area contributed by atoms with E-state index in [9.17, 15) is 0 Å². The van der Waals surface area contributed by atoms with Crippen LogP contribution in [0.25, 0.3) is 0 Å². The maximum absolute atomic E-state index is 5.36. The first-order valence-corrected chi connectivity index (χ1v) is 15.9. The second kappa shape index (κ2) is 19.6. The van der Waals surface area contributed by atoms with E-state index in [1.54, 1.807) is 12.7 Å². The Morgan fingerprint density at radius 1 is 0.667 bits per heavy atom. The van der Waals surface area contributed by atoms with Crippen LogP contribution in [0.5, 0.6) is 0 Å². The van der Waals surface area contributed by atoms with Gasteiger partial charge in [-0.3, -0.25) is 0 Å². The Bertz CT molecular complexity index is 800. The average molecular weight is 571 g/mol. The molecule has 2 heterocycles. The molecule has 8 nitrogen and oxygen atoms in total. The van der Waals surface area contributed by atoms with Crippen molar-refractivity contribution in [3.63, 3.8) is 0 Å². The molecule has 202 valence electrons. The maximum Gasteiger partial charge on any atom is 0.166 e. The van der Waals surface area contributed by atoms with Crippen LogP contribution < -0.4 is 21.3 Å². The molecule has 6 N–H and O–H groups in total. The number of aromatic amines is 2. The van der Waals surface area contributed by atoms with E-state index in [4.69, 9.17) is 24.4 Å². The zero-order valence-corrected chi connectivity index (χ0v) is 24.8. The van der Waals surface area contributed by atoms with Gasteiger partial charge in [0.2, 0.25) is 0 Å². The first-order valence-electron chi connectivity index (χ1n) is 12.7. The number of H-pyrrole nitrogens is 2. The van der Waals surface area contributed by atoms with Crippen LogP contribution in [-0.2, 0) is 11.5 Å². The minimum atomic E-state index is 0.758. The van der Waals surface area contributed by atoms with Gasteiger partial charge in [0.15, 0.2) is 10.2 Å². The molecular formula is C24H42N8S4. The normalized spacial score (nSPS) is 10.8. The summed E-state index contributed by atoms with van der Waals surface area (Å²) in [5.74, 6) is 3.89. The van der Waals surface area contributed by atoms with Crippen LogP contribution in [0, 0.1) is 13.8 Å². The number of aryl methyl sites for hydroxylation is 2. The highest BCUT2D eigenvalue weighted by Gasteiger charge is 2.02. The fourth-order valence-corrected chi connectivity index (χ4v) is 5.52. The van der Waals surface area contributed by atoms with Gasteiger partial charge < -0.3 is 31.2 Å². The van der Waals surface area contributed by atoms with Crippen molar-refractivity contribution >= 4 is 58.2 Å². The summed E-state index contributed by atoms with van der Waals surface area (Å²) in [5, 5.41) is 14.7. The third kappa shape index (κ3) is 14.3. The smallest absolute Gasteiger partial charge is 0.166 e. The van der Waals surface area contributed by atoms with E-state index in [-0.39, 0.29) is 0 Å². The summed E-state index contributed by atoms with van der Waals surface area (Å²) in [6.45, 7) is 7.73. The summed E-state index contributed by atoms with van der Waals surface area (Å²) in [4.78, 5) is 14.9. The Morgan fingerprint density at radius 2 is 1.06 bits per heavy atom. The first-order chi connectivity index (χ1) is 17.6. The summed E-state index contributed by atoms with van der Waals surface area (Å²) in [7, 11) is 0. The highest BCUT2D eigenvalue weighted by atomic mass is 32.2. The zero-order chi connectivity index (χ0) is 25.8. The van der Waals surface area contributed by atoms with Gasteiger partial charge in [-0.15, -0.1) is 0 Å². The van der Waals surface area contributed by atoms with E-state index in [1.807, 2.05) is 23.5 Å². The number of thiocarbonyl (C=S) groups is 2. The molecule has 0 fully saturated rings. The average Bonchev–Trinajstić information content (AvgIpc) is 3.47. The zero-order valence-electron chi connectivity index (χ0n) is 21.6. The first kappa shape index (κ1) is 30.7. The molecule has 0 bridgehead atoms. The number of rotatable bonds is 19. The van der Waals surface area contributed by atoms with E-state index in [0.29, 0.717) is 0 Å². The Balaban J connectivity index is 1.28. The molecule has 0 aromatic carbocycles. The third-order valence-electron chi connectivity index (χ3n) is 5.58. The highest BCUT2D eigenvalue weighted by molar-refractivity contribution is 7.98. The van der Waals surface area contributed by atoms with Gasteiger partial charge in [0.25, 0.3) is 0 Å². The number of imidazole rings is 2. The Hall–Kier alpha value is -1.50. The Kier molecular flexibility index (Phi) is 16.7. The third-order valence-corrected chi connectivity index (χ3v) is 8.10. The Morgan fingerprint density at radius 3 is 1.44 bits per heavy atom. The molecule has 0 saturated carbocycles. The van der Waals surface area contributed by atoms with E-state index in [1.165, 1.54) is 25.7 Å². The van der Waals surface area contributed by atoms with Gasteiger partial charge in [0, 0.05) is 60.6 Å². The Labute approximate surface area is 235 Å². The van der Waals surface area contributed by atoms with Crippen molar-refractivity contribution in [2.24, 2.45) is 0 Å². The molecule has 0 spiro atoms. The highest BCUT2D eigenvalue weighted by Crippen LogP contribution is 2.12. The van der Waals surface area contributed by atoms with E-state index >= 15 is 0 Å². The minimum Gasteiger partial charge on any atom is -0.363 e. The van der Waals surface area contributed by atoms with E-state index < -0.39 is 0 Å². The van der Waals surface area contributed by atoms with Crippen molar-refractivity contribution in [1.29, 1.82) is 0 Å². The lowest BCUT2D eigenvalue weighted by atomic mass is 10.1. The predicted molar refractivity (Wildman–Crippen MR) is 164 cm³/mol. The molecule has 0 saturated heterocycles. The van der Waals surface area contributed by atoms with E-state index in [2.05, 4.69) is 55.1 Å². The molecular weight excluding hydrogens is 529 g/mol. The molecule has 2 aromatic heterocycles. The lowest BCUT2D eigenvalue weighted by Gasteiger charge is -2.11. The molecule has 0 aliphatic carbocycles. The molecule has 0 radical (unpaired) electrons. The van der Waals surface area contributed by atoms with Crippen LogP contribution >= 0.6 is 48.0 Å². The molecule has 0 atom stereocenters. The number of hydrogen-bond donors (Lipinski definition) is 6. The van der Waals surface area contributed by atoms with Crippen molar-refractivity contribution < 1.29 is 0 Å².